The maximum absolute atomic E-state index is 10.8. The Bertz CT molecular complexity index is 224. The Morgan fingerprint density at radius 1 is 1.38 bits per heavy atom. The van der Waals surface area contributed by atoms with E-state index in [4.69, 9.17) is 5.11 Å². The number of aliphatic carboxylic acids is 1. The summed E-state index contributed by atoms with van der Waals surface area (Å²) in [6.07, 6.45) is 0.546. The van der Waals surface area contributed by atoms with E-state index in [-0.39, 0.29) is 5.54 Å². The first-order valence-electron chi connectivity index (χ1n) is 4.49. The lowest BCUT2D eigenvalue weighted by atomic mass is 10.1. The summed E-state index contributed by atoms with van der Waals surface area (Å²) in [5.41, 5.74) is 1.12. The zero-order chi connectivity index (χ0) is 10.6. The molecule has 0 aliphatic heterocycles. The van der Waals surface area contributed by atoms with Gasteiger partial charge in [0.15, 0.2) is 0 Å². The van der Waals surface area contributed by atoms with Crippen LogP contribution in [0.15, 0.2) is 11.3 Å². The van der Waals surface area contributed by atoms with Crippen molar-refractivity contribution in [1.29, 1.82) is 0 Å². The van der Waals surface area contributed by atoms with Crippen molar-refractivity contribution in [2.24, 2.45) is 0 Å². The van der Waals surface area contributed by atoms with Gasteiger partial charge in [-0.2, -0.15) is 0 Å². The smallest absolute Gasteiger partial charge is 0.333 e. The van der Waals surface area contributed by atoms with Crippen molar-refractivity contribution >= 4 is 5.97 Å². The predicted octanol–water partition coefficient (Wildman–Crippen LogP) is 2.14. The Hall–Kier alpha value is -0.990. The molecule has 0 heterocycles. The summed E-state index contributed by atoms with van der Waals surface area (Å²) in [7, 11) is 0. The van der Waals surface area contributed by atoms with Gasteiger partial charge in [0, 0.05) is 11.2 Å². The Morgan fingerprint density at radius 3 is 2.08 bits per heavy atom. The van der Waals surface area contributed by atoms with Crippen LogP contribution in [0.25, 0.3) is 0 Å². The van der Waals surface area contributed by atoms with E-state index < -0.39 is 5.97 Å². The Labute approximate surface area is 79.8 Å². The molecule has 2 N–H and O–H groups in total. The van der Waals surface area contributed by atoms with Crippen molar-refractivity contribution in [1.82, 2.24) is 5.32 Å². The summed E-state index contributed by atoms with van der Waals surface area (Å²) >= 11 is 0. The molecule has 0 unspecified atom stereocenters. The SMILES string of the molecule is CCC(C(=O)O)=C(C)NC(C)(C)C. The monoisotopic (exact) mass is 185 g/mol. The maximum Gasteiger partial charge on any atom is 0.333 e. The van der Waals surface area contributed by atoms with E-state index in [9.17, 15) is 4.79 Å². The fraction of sp³-hybridized carbons (Fsp3) is 0.700. The molecule has 0 spiro atoms. The molecule has 0 fully saturated rings. The molecule has 3 nitrogen and oxygen atoms in total. The lowest BCUT2D eigenvalue weighted by Crippen LogP contribution is -2.35. The molecule has 0 aromatic heterocycles. The zero-order valence-electron chi connectivity index (χ0n) is 9.06. The first kappa shape index (κ1) is 12.0. The third kappa shape index (κ3) is 4.55. The second-order valence-electron chi connectivity index (χ2n) is 4.14. The summed E-state index contributed by atoms with van der Waals surface area (Å²) in [6.45, 7) is 9.67. The van der Waals surface area contributed by atoms with Gasteiger partial charge < -0.3 is 10.4 Å². The van der Waals surface area contributed by atoms with E-state index in [0.29, 0.717) is 12.0 Å². The lowest BCUT2D eigenvalue weighted by Gasteiger charge is -2.23. The average molecular weight is 185 g/mol. The molecule has 0 aromatic carbocycles. The molecular weight excluding hydrogens is 166 g/mol. The highest BCUT2D eigenvalue weighted by Gasteiger charge is 2.14. The molecule has 0 amide bonds. The van der Waals surface area contributed by atoms with Crippen LogP contribution in [0, 0.1) is 0 Å². The van der Waals surface area contributed by atoms with Crippen LogP contribution < -0.4 is 5.32 Å². The third-order valence-electron chi connectivity index (χ3n) is 1.63. The highest BCUT2D eigenvalue weighted by atomic mass is 16.4. The summed E-state index contributed by atoms with van der Waals surface area (Å²) in [5.74, 6) is -0.836. The first-order chi connectivity index (χ1) is 5.78. The zero-order valence-corrected chi connectivity index (χ0v) is 9.06. The van der Waals surface area contributed by atoms with Crippen LogP contribution in [0.2, 0.25) is 0 Å². The van der Waals surface area contributed by atoms with Gasteiger partial charge >= 0.3 is 5.97 Å². The Morgan fingerprint density at radius 2 is 1.85 bits per heavy atom. The van der Waals surface area contributed by atoms with E-state index in [1.807, 2.05) is 27.7 Å². The molecule has 0 aliphatic carbocycles. The van der Waals surface area contributed by atoms with Crippen LogP contribution in [-0.2, 0) is 4.79 Å². The quantitative estimate of drug-likeness (QED) is 0.662. The number of hydrogen-bond donors (Lipinski definition) is 2. The maximum atomic E-state index is 10.8. The van der Waals surface area contributed by atoms with E-state index in [0.717, 1.165) is 5.70 Å². The van der Waals surface area contributed by atoms with Gasteiger partial charge in [-0.1, -0.05) is 6.92 Å². The van der Waals surface area contributed by atoms with E-state index in [1.165, 1.54) is 0 Å². The molecule has 0 atom stereocenters. The van der Waals surface area contributed by atoms with Crippen molar-refractivity contribution in [3.05, 3.63) is 11.3 Å². The number of carbonyl (C=O) groups is 1. The van der Waals surface area contributed by atoms with Gasteiger partial charge in [0.25, 0.3) is 0 Å². The van der Waals surface area contributed by atoms with E-state index >= 15 is 0 Å². The molecule has 76 valence electrons. The van der Waals surface area contributed by atoms with Gasteiger partial charge in [-0.3, -0.25) is 0 Å². The van der Waals surface area contributed by atoms with Gasteiger partial charge in [-0.05, 0) is 34.1 Å². The fourth-order valence-electron chi connectivity index (χ4n) is 1.21. The Balaban J connectivity index is 4.68. The minimum absolute atomic E-state index is 0.0834. The molecule has 13 heavy (non-hydrogen) atoms. The fourth-order valence-corrected chi connectivity index (χ4v) is 1.21. The van der Waals surface area contributed by atoms with Gasteiger partial charge in [0.2, 0.25) is 0 Å². The number of nitrogens with one attached hydrogen (secondary N) is 1. The second-order valence-corrected chi connectivity index (χ2v) is 4.14. The average Bonchev–Trinajstić information content (AvgIpc) is 1.82. The summed E-state index contributed by atoms with van der Waals surface area (Å²) in [6, 6.07) is 0. The van der Waals surface area contributed by atoms with Crippen LogP contribution in [0.5, 0.6) is 0 Å². The lowest BCUT2D eigenvalue weighted by molar-refractivity contribution is -0.132. The van der Waals surface area contributed by atoms with Gasteiger partial charge in [0.05, 0.1) is 5.57 Å². The number of hydrogen-bond acceptors (Lipinski definition) is 2. The van der Waals surface area contributed by atoms with Crippen molar-refractivity contribution < 1.29 is 9.90 Å². The van der Waals surface area contributed by atoms with E-state index in [1.54, 1.807) is 6.92 Å². The predicted molar refractivity (Wildman–Crippen MR) is 53.5 cm³/mol. The summed E-state index contributed by atoms with van der Waals surface area (Å²) in [4.78, 5) is 10.8. The standard InChI is InChI=1S/C10H19NO2/c1-6-8(9(12)13)7(2)11-10(3,4)5/h11H,6H2,1-5H3,(H,12,13). The minimum atomic E-state index is -0.836. The molecule has 0 saturated heterocycles. The number of carboxylic acids is 1. The largest absolute Gasteiger partial charge is 0.478 e. The van der Waals surface area contributed by atoms with Crippen molar-refractivity contribution in [3.8, 4) is 0 Å². The molecule has 0 aliphatic rings. The van der Waals surface area contributed by atoms with Crippen LogP contribution in [0.3, 0.4) is 0 Å². The van der Waals surface area contributed by atoms with Crippen LogP contribution in [0.1, 0.15) is 41.0 Å². The van der Waals surface area contributed by atoms with Gasteiger partial charge in [-0.15, -0.1) is 0 Å². The number of carboxylic acid groups (broad SMARTS) is 1. The molecule has 3 heteroatoms. The van der Waals surface area contributed by atoms with Crippen molar-refractivity contribution in [3.63, 3.8) is 0 Å². The highest BCUT2D eigenvalue weighted by Crippen LogP contribution is 2.10. The second kappa shape index (κ2) is 4.30. The molecule has 0 rings (SSSR count). The molecule has 0 bridgehead atoms. The topological polar surface area (TPSA) is 49.3 Å². The molecule has 0 aromatic rings. The van der Waals surface area contributed by atoms with Crippen LogP contribution in [-0.4, -0.2) is 16.6 Å². The van der Waals surface area contributed by atoms with Crippen LogP contribution in [0.4, 0.5) is 0 Å². The highest BCUT2D eigenvalue weighted by molar-refractivity contribution is 5.87. The molecule has 0 saturated carbocycles. The van der Waals surface area contributed by atoms with Gasteiger partial charge in [-0.25, -0.2) is 4.79 Å². The summed E-state index contributed by atoms with van der Waals surface area (Å²) in [5, 5.41) is 12.0. The molecular formula is C10H19NO2. The van der Waals surface area contributed by atoms with Crippen LogP contribution >= 0.6 is 0 Å². The first-order valence-corrected chi connectivity index (χ1v) is 4.49. The number of rotatable bonds is 3. The minimum Gasteiger partial charge on any atom is -0.478 e. The van der Waals surface area contributed by atoms with E-state index in [2.05, 4.69) is 5.32 Å². The third-order valence-corrected chi connectivity index (χ3v) is 1.63. The van der Waals surface area contributed by atoms with Gasteiger partial charge in [0.1, 0.15) is 0 Å². The Kier molecular flexibility index (Phi) is 3.98. The normalized spacial score (nSPS) is 13.6. The number of allylic oxidation sites excluding steroid dienone is 1. The van der Waals surface area contributed by atoms with Crippen molar-refractivity contribution in [2.45, 2.75) is 46.6 Å². The van der Waals surface area contributed by atoms with Crippen molar-refractivity contribution in [2.75, 3.05) is 0 Å². The summed E-state index contributed by atoms with van der Waals surface area (Å²) < 4.78 is 0. The molecule has 0 radical (unpaired) electrons.